The molecule has 0 unspecified atom stereocenters. The van der Waals surface area contributed by atoms with Crippen molar-refractivity contribution in [2.75, 3.05) is 23.3 Å². The van der Waals surface area contributed by atoms with Crippen LogP contribution in [0.1, 0.15) is 32.1 Å². The molecule has 1 saturated carbocycles. The van der Waals surface area contributed by atoms with Crippen LogP contribution in [0.25, 0.3) is 10.2 Å². The highest BCUT2D eigenvalue weighted by Gasteiger charge is 2.25. The SMILES string of the molecule is O=C(Nc1ccc2nc(N3CCCC3)sc2c1)C1CCC1. The van der Waals surface area contributed by atoms with E-state index in [1.165, 1.54) is 19.3 Å². The molecule has 4 rings (SSSR count). The predicted octanol–water partition coefficient (Wildman–Crippen LogP) is 3.64. The number of hydrogen-bond donors (Lipinski definition) is 1. The lowest BCUT2D eigenvalue weighted by molar-refractivity contribution is -0.122. The number of rotatable bonds is 3. The van der Waals surface area contributed by atoms with E-state index in [0.29, 0.717) is 0 Å². The number of nitrogens with one attached hydrogen (secondary N) is 1. The number of aromatic nitrogens is 1. The minimum Gasteiger partial charge on any atom is -0.348 e. The van der Waals surface area contributed by atoms with Crippen molar-refractivity contribution >= 4 is 38.3 Å². The number of amides is 1. The predicted molar refractivity (Wildman–Crippen MR) is 87.0 cm³/mol. The molecule has 0 radical (unpaired) electrons. The second-order valence-corrected chi connectivity index (χ2v) is 7.00. The van der Waals surface area contributed by atoms with E-state index < -0.39 is 0 Å². The van der Waals surface area contributed by atoms with Crippen molar-refractivity contribution in [1.82, 2.24) is 4.98 Å². The van der Waals surface area contributed by atoms with Crippen LogP contribution in [0.5, 0.6) is 0 Å². The maximum atomic E-state index is 12.0. The number of carbonyl (C=O) groups is 1. The highest BCUT2D eigenvalue weighted by Crippen LogP contribution is 2.33. The molecule has 1 aromatic carbocycles. The summed E-state index contributed by atoms with van der Waals surface area (Å²) in [7, 11) is 0. The molecule has 1 aromatic heterocycles. The smallest absolute Gasteiger partial charge is 0.227 e. The van der Waals surface area contributed by atoms with Gasteiger partial charge in [-0.1, -0.05) is 17.8 Å². The number of fused-ring (bicyclic) bond motifs is 1. The number of carbonyl (C=O) groups excluding carboxylic acids is 1. The van der Waals surface area contributed by atoms with Crippen molar-refractivity contribution in [3.8, 4) is 0 Å². The molecule has 0 spiro atoms. The van der Waals surface area contributed by atoms with Crippen LogP contribution < -0.4 is 10.2 Å². The van der Waals surface area contributed by atoms with Crippen molar-refractivity contribution in [3.05, 3.63) is 18.2 Å². The lowest BCUT2D eigenvalue weighted by atomic mass is 9.85. The maximum absolute atomic E-state index is 12.0. The Balaban J connectivity index is 1.55. The van der Waals surface area contributed by atoms with Crippen LogP contribution in [0.3, 0.4) is 0 Å². The first-order chi connectivity index (χ1) is 10.3. The summed E-state index contributed by atoms with van der Waals surface area (Å²) in [5, 5.41) is 4.16. The van der Waals surface area contributed by atoms with Gasteiger partial charge in [0.25, 0.3) is 0 Å². The van der Waals surface area contributed by atoms with Gasteiger partial charge in [0.15, 0.2) is 5.13 Å². The van der Waals surface area contributed by atoms with Gasteiger partial charge >= 0.3 is 0 Å². The van der Waals surface area contributed by atoms with Gasteiger partial charge < -0.3 is 10.2 Å². The second-order valence-electron chi connectivity index (χ2n) is 5.99. The number of anilines is 2. The van der Waals surface area contributed by atoms with Crippen LogP contribution in [0.15, 0.2) is 18.2 Å². The lowest BCUT2D eigenvalue weighted by Crippen LogP contribution is -2.27. The topological polar surface area (TPSA) is 45.2 Å². The molecule has 0 atom stereocenters. The van der Waals surface area contributed by atoms with E-state index in [1.54, 1.807) is 11.3 Å². The highest BCUT2D eigenvalue weighted by molar-refractivity contribution is 7.22. The fourth-order valence-electron chi connectivity index (χ4n) is 2.95. The molecule has 4 nitrogen and oxygen atoms in total. The van der Waals surface area contributed by atoms with Gasteiger partial charge in [-0.3, -0.25) is 4.79 Å². The van der Waals surface area contributed by atoms with Gasteiger partial charge in [0.2, 0.25) is 5.91 Å². The number of benzene rings is 1. The molecule has 110 valence electrons. The Kier molecular flexibility index (Phi) is 3.30. The van der Waals surface area contributed by atoms with E-state index in [0.717, 1.165) is 47.0 Å². The summed E-state index contributed by atoms with van der Waals surface area (Å²) in [6, 6.07) is 6.04. The van der Waals surface area contributed by atoms with Gasteiger partial charge in [-0.2, -0.15) is 0 Å². The Morgan fingerprint density at radius 3 is 2.76 bits per heavy atom. The molecule has 2 fully saturated rings. The van der Waals surface area contributed by atoms with E-state index in [-0.39, 0.29) is 11.8 Å². The molecule has 5 heteroatoms. The molecule has 1 aliphatic heterocycles. The van der Waals surface area contributed by atoms with Gasteiger partial charge in [0.05, 0.1) is 10.2 Å². The van der Waals surface area contributed by atoms with Crippen molar-refractivity contribution < 1.29 is 4.79 Å². The fourth-order valence-corrected chi connectivity index (χ4v) is 4.01. The molecule has 1 N–H and O–H groups in total. The highest BCUT2D eigenvalue weighted by atomic mass is 32.1. The molecular formula is C16H19N3OS. The third kappa shape index (κ3) is 2.50. The minimum absolute atomic E-state index is 0.171. The first-order valence-electron chi connectivity index (χ1n) is 7.76. The normalized spacial score (nSPS) is 19.0. The van der Waals surface area contributed by atoms with E-state index >= 15 is 0 Å². The Morgan fingerprint density at radius 1 is 1.24 bits per heavy atom. The van der Waals surface area contributed by atoms with E-state index in [2.05, 4.69) is 16.3 Å². The van der Waals surface area contributed by atoms with Crippen LogP contribution >= 0.6 is 11.3 Å². The number of nitrogens with zero attached hydrogens (tertiary/aromatic N) is 2. The summed E-state index contributed by atoms with van der Waals surface area (Å²) in [5.74, 6) is 0.396. The molecule has 2 aromatic rings. The molecule has 2 aliphatic rings. The number of hydrogen-bond acceptors (Lipinski definition) is 4. The molecule has 2 heterocycles. The molecule has 0 bridgehead atoms. The summed E-state index contributed by atoms with van der Waals surface area (Å²) >= 11 is 1.73. The van der Waals surface area contributed by atoms with Crippen molar-refractivity contribution in [2.45, 2.75) is 32.1 Å². The van der Waals surface area contributed by atoms with E-state index in [1.807, 2.05) is 12.1 Å². The van der Waals surface area contributed by atoms with Crippen molar-refractivity contribution in [1.29, 1.82) is 0 Å². The zero-order valence-corrected chi connectivity index (χ0v) is 12.8. The third-order valence-electron chi connectivity index (χ3n) is 4.50. The Labute approximate surface area is 128 Å². The van der Waals surface area contributed by atoms with Crippen LogP contribution in [-0.4, -0.2) is 24.0 Å². The zero-order chi connectivity index (χ0) is 14.2. The van der Waals surface area contributed by atoms with Gasteiger partial charge in [-0.15, -0.1) is 0 Å². The molecule has 1 aliphatic carbocycles. The second kappa shape index (κ2) is 5.30. The third-order valence-corrected chi connectivity index (χ3v) is 5.58. The van der Waals surface area contributed by atoms with Crippen LogP contribution in [0.2, 0.25) is 0 Å². The average Bonchev–Trinajstić information content (AvgIpc) is 3.04. The molecule has 21 heavy (non-hydrogen) atoms. The van der Waals surface area contributed by atoms with E-state index in [9.17, 15) is 4.79 Å². The quantitative estimate of drug-likeness (QED) is 0.941. The molecule has 1 saturated heterocycles. The summed E-state index contributed by atoms with van der Waals surface area (Å²) in [4.78, 5) is 19.1. The summed E-state index contributed by atoms with van der Waals surface area (Å²) < 4.78 is 1.16. The Bertz CT molecular complexity index is 671. The summed E-state index contributed by atoms with van der Waals surface area (Å²) in [6.45, 7) is 2.23. The molecular weight excluding hydrogens is 282 g/mol. The van der Waals surface area contributed by atoms with Gasteiger partial charge in [-0.05, 0) is 43.9 Å². The van der Waals surface area contributed by atoms with Crippen LogP contribution in [0.4, 0.5) is 10.8 Å². The summed E-state index contributed by atoms with van der Waals surface area (Å²) in [6.07, 6.45) is 5.78. The maximum Gasteiger partial charge on any atom is 0.227 e. The lowest BCUT2D eigenvalue weighted by Gasteiger charge is -2.23. The van der Waals surface area contributed by atoms with Crippen molar-refractivity contribution in [3.63, 3.8) is 0 Å². The monoisotopic (exact) mass is 301 g/mol. The Morgan fingerprint density at radius 2 is 2.05 bits per heavy atom. The van der Waals surface area contributed by atoms with E-state index in [4.69, 9.17) is 4.98 Å². The largest absolute Gasteiger partial charge is 0.348 e. The van der Waals surface area contributed by atoms with Crippen LogP contribution in [-0.2, 0) is 4.79 Å². The first kappa shape index (κ1) is 13.1. The number of thiazole rings is 1. The van der Waals surface area contributed by atoms with Gasteiger partial charge in [-0.25, -0.2) is 4.98 Å². The summed E-state index contributed by atoms with van der Waals surface area (Å²) in [5.41, 5.74) is 1.93. The fraction of sp³-hybridized carbons (Fsp3) is 0.500. The van der Waals surface area contributed by atoms with Crippen molar-refractivity contribution in [2.24, 2.45) is 5.92 Å². The zero-order valence-electron chi connectivity index (χ0n) is 12.0. The molecule has 1 amide bonds. The average molecular weight is 301 g/mol. The Hall–Kier alpha value is -1.62. The first-order valence-corrected chi connectivity index (χ1v) is 8.58. The standard InChI is InChI=1S/C16H19N3OS/c20-15(11-4-3-5-11)17-12-6-7-13-14(10-12)21-16(18-13)19-8-1-2-9-19/h6-7,10-11H,1-5,8-9H2,(H,17,20). The van der Waals surface area contributed by atoms with Gasteiger partial charge in [0.1, 0.15) is 0 Å². The van der Waals surface area contributed by atoms with Crippen LogP contribution in [0, 0.1) is 5.92 Å². The minimum atomic E-state index is 0.171. The van der Waals surface area contributed by atoms with Gasteiger partial charge in [0, 0.05) is 24.7 Å².